The monoisotopic (exact) mass is 468 g/mol. The van der Waals surface area contributed by atoms with Gasteiger partial charge in [-0.25, -0.2) is 0 Å². The number of carbonyl (C=O) groups is 1. The Labute approximate surface area is 203 Å². The molecule has 0 atom stereocenters. The molecule has 34 heavy (non-hydrogen) atoms. The molecule has 0 heterocycles. The number of hydrogen-bond acceptors (Lipinski definition) is 6. The van der Waals surface area contributed by atoms with Crippen molar-refractivity contribution in [2.45, 2.75) is 34.6 Å². The number of ketones is 1. The lowest BCUT2D eigenvalue weighted by atomic mass is 9.96. The molecular weight excluding hydrogens is 432 g/mol. The van der Waals surface area contributed by atoms with Crippen LogP contribution in [0.2, 0.25) is 0 Å². The number of phenolic OH excluding ortho intramolecular Hbond substituents is 1. The lowest BCUT2D eigenvalue weighted by Crippen LogP contribution is -2.03. The average molecular weight is 469 g/mol. The Bertz CT molecular complexity index is 1040. The minimum atomic E-state index is -0.223. The third-order valence-corrected chi connectivity index (χ3v) is 4.95. The van der Waals surface area contributed by atoms with Crippen LogP contribution in [0, 0.1) is 6.92 Å². The third kappa shape index (κ3) is 6.22. The number of methoxy groups -OCH3 is 4. The molecule has 0 bridgehead atoms. The maximum Gasteiger partial charge on any atom is 0.200 e. The smallest absolute Gasteiger partial charge is 0.200 e. The van der Waals surface area contributed by atoms with Crippen molar-refractivity contribution in [3.05, 3.63) is 65.2 Å². The predicted octanol–water partition coefficient (Wildman–Crippen LogP) is 6.69. The lowest BCUT2D eigenvalue weighted by Gasteiger charge is -2.14. The van der Waals surface area contributed by atoms with E-state index in [4.69, 9.17) is 18.9 Å². The van der Waals surface area contributed by atoms with Crippen LogP contribution in [-0.2, 0) is 0 Å². The summed E-state index contributed by atoms with van der Waals surface area (Å²) in [5.74, 6) is 1.37. The first-order chi connectivity index (χ1) is 16.4. The summed E-state index contributed by atoms with van der Waals surface area (Å²) in [7, 11) is 6.05. The Morgan fingerprint density at radius 3 is 1.56 bits per heavy atom. The van der Waals surface area contributed by atoms with Crippen LogP contribution in [-0.4, -0.2) is 39.3 Å². The number of benzene rings is 3. The molecule has 3 aromatic rings. The maximum absolute atomic E-state index is 13.1. The quantitative estimate of drug-likeness (QED) is 0.390. The van der Waals surface area contributed by atoms with Crippen molar-refractivity contribution in [1.29, 1.82) is 0 Å². The molecule has 1 N–H and O–H groups in total. The molecule has 3 rings (SSSR count). The van der Waals surface area contributed by atoms with Crippen LogP contribution in [0.3, 0.4) is 0 Å². The van der Waals surface area contributed by atoms with Crippen molar-refractivity contribution in [3.8, 4) is 39.9 Å². The van der Waals surface area contributed by atoms with Gasteiger partial charge < -0.3 is 24.1 Å². The summed E-state index contributed by atoms with van der Waals surface area (Å²) in [5, 5.41) is 10.1. The van der Waals surface area contributed by atoms with Gasteiger partial charge in [0.2, 0.25) is 5.75 Å². The molecule has 0 aliphatic rings. The summed E-state index contributed by atoms with van der Waals surface area (Å²) in [5.41, 5.74) is 3.44. The third-order valence-electron chi connectivity index (χ3n) is 4.95. The van der Waals surface area contributed by atoms with Gasteiger partial charge in [-0.05, 0) is 48.4 Å². The topological polar surface area (TPSA) is 74.2 Å². The molecule has 0 aliphatic heterocycles. The fraction of sp³-hybridized carbons (Fsp3) is 0.321. The van der Waals surface area contributed by atoms with Crippen molar-refractivity contribution >= 4 is 5.78 Å². The minimum absolute atomic E-state index is 0.149. The van der Waals surface area contributed by atoms with Gasteiger partial charge in [-0.15, -0.1) is 0 Å². The van der Waals surface area contributed by atoms with E-state index in [2.05, 4.69) is 0 Å². The van der Waals surface area contributed by atoms with Crippen LogP contribution in [0.1, 0.15) is 49.2 Å². The Hall–Kier alpha value is -3.67. The van der Waals surface area contributed by atoms with E-state index in [0.29, 0.717) is 22.6 Å². The molecule has 6 nitrogen and oxygen atoms in total. The fourth-order valence-electron chi connectivity index (χ4n) is 3.28. The number of carbonyl (C=O) groups excluding carboxylic acids is 1. The first-order valence-corrected chi connectivity index (χ1v) is 11.3. The second-order valence-electron chi connectivity index (χ2n) is 6.65. The molecule has 184 valence electrons. The van der Waals surface area contributed by atoms with Crippen molar-refractivity contribution in [3.63, 3.8) is 0 Å². The Balaban J connectivity index is 0.00000137. The second-order valence-corrected chi connectivity index (χ2v) is 6.65. The van der Waals surface area contributed by atoms with Crippen molar-refractivity contribution in [2.75, 3.05) is 28.4 Å². The van der Waals surface area contributed by atoms with Crippen LogP contribution in [0.5, 0.6) is 28.7 Å². The number of rotatable bonds is 7. The van der Waals surface area contributed by atoms with E-state index >= 15 is 0 Å². The SMILES string of the molecule is CC.CC.COc1cc(-c2cccc(C(=O)c3cc(OC)c(O)c(OC)c3)c2)cc(OC)c1C. The number of ether oxygens (including phenoxy) is 4. The standard InChI is InChI=1S/C24H24O6.2C2H6/c1-14-19(27-2)10-17(11-20(14)28-3)15-7-6-8-16(9-15)23(25)18-12-21(29-4)24(26)22(13-18)30-5;2*1-2/h6-13,26H,1-5H3;2*1-2H3. The lowest BCUT2D eigenvalue weighted by molar-refractivity contribution is 0.103. The summed E-state index contributed by atoms with van der Waals surface area (Å²) in [6.07, 6.45) is 0. The summed E-state index contributed by atoms with van der Waals surface area (Å²) in [6, 6.07) is 14.1. The Morgan fingerprint density at radius 2 is 1.12 bits per heavy atom. The molecule has 0 amide bonds. The highest BCUT2D eigenvalue weighted by molar-refractivity contribution is 6.10. The molecule has 0 spiro atoms. The predicted molar refractivity (Wildman–Crippen MR) is 137 cm³/mol. The van der Waals surface area contributed by atoms with Gasteiger partial charge in [-0.1, -0.05) is 45.9 Å². The minimum Gasteiger partial charge on any atom is -0.502 e. The Morgan fingerprint density at radius 1 is 0.647 bits per heavy atom. The van der Waals surface area contributed by atoms with Crippen LogP contribution in [0.25, 0.3) is 11.1 Å². The highest BCUT2D eigenvalue weighted by atomic mass is 16.5. The molecule has 6 heteroatoms. The molecule has 0 saturated carbocycles. The van der Waals surface area contributed by atoms with E-state index < -0.39 is 0 Å². The fourth-order valence-corrected chi connectivity index (χ4v) is 3.28. The maximum atomic E-state index is 13.1. The molecule has 0 unspecified atom stereocenters. The first-order valence-electron chi connectivity index (χ1n) is 11.3. The van der Waals surface area contributed by atoms with Gasteiger partial charge in [0.1, 0.15) is 11.5 Å². The van der Waals surface area contributed by atoms with Crippen LogP contribution < -0.4 is 18.9 Å². The van der Waals surface area contributed by atoms with E-state index in [-0.39, 0.29) is 23.0 Å². The molecule has 0 fully saturated rings. The van der Waals surface area contributed by atoms with E-state index in [1.807, 2.05) is 58.9 Å². The van der Waals surface area contributed by atoms with Crippen LogP contribution >= 0.6 is 0 Å². The molecule has 0 aromatic heterocycles. The Kier molecular flexibility index (Phi) is 11.5. The summed E-state index contributed by atoms with van der Waals surface area (Å²) in [6.45, 7) is 9.92. The molecule has 0 saturated heterocycles. The van der Waals surface area contributed by atoms with Crippen LogP contribution in [0.4, 0.5) is 0 Å². The highest BCUT2D eigenvalue weighted by Gasteiger charge is 2.18. The molecule has 3 aromatic carbocycles. The summed E-state index contributed by atoms with van der Waals surface area (Å²) < 4.78 is 21.2. The van der Waals surface area contributed by atoms with E-state index in [0.717, 1.165) is 16.7 Å². The summed E-state index contributed by atoms with van der Waals surface area (Å²) in [4.78, 5) is 13.1. The molecule has 0 radical (unpaired) electrons. The number of hydrogen-bond donors (Lipinski definition) is 1. The zero-order chi connectivity index (χ0) is 25.8. The zero-order valence-corrected chi connectivity index (χ0v) is 21.6. The van der Waals surface area contributed by atoms with Crippen molar-refractivity contribution in [2.24, 2.45) is 0 Å². The molecular formula is C28H36O6. The normalized spacial score (nSPS) is 9.56. The largest absolute Gasteiger partial charge is 0.502 e. The van der Waals surface area contributed by atoms with Gasteiger partial charge in [0.15, 0.2) is 17.3 Å². The highest BCUT2D eigenvalue weighted by Crippen LogP contribution is 2.38. The van der Waals surface area contributed by atoms with E-state index in [1.54, 1.807) is 26.4 Å². The van der Waals surface area contributed by atoms with Gasteiger partial charge in [0, 0.05) is 16.7 Å². The van der Waals surface area contributed by atoms with Gasteiger partial charge >= 0.3 is 0 Å². The average Bonchev–Trinajstić information content (AvgIpc) is 2.90. The molecule has 0 aliphatic carbocycles. The second kappa shape index (κ2) is 13.8. The van der Waals surface area contributed by atoms with E-state index in [9.17, 15) is 9.90 Å². The van der Waals surface area contributed by atoms with Gasteiger partial charge in [-0.2, -0.15) is 0 Å². The van der Waals surface area contributed by atoms with Crippen molar-refractivity contribution < 1.29 is 28.8 Å². The zero-order valence-electron chi connectivity index (χ0n) is 21.6. The number of phenols is 1. The van der Waals surface area contributed by atoms with Crippen molar-refractivity contribution in [1.82, 2.24) is 0 Å². The van der Waals surface area contributed by atoms with E-state index in [1.165, 1.54) is 26.4 Å². The van der Waals surface area contributed by atoms with Crippen LogP contribution in [0.15, 0.2) is 48.5 Å². The first kappa shape index (κ1) is 28.4. The number of aromatic hydroxyl groups is 1. The van der Waals surface area contributed by atoms with Gasteiger partial charge in [-0.3, -0.25) is 4.79 Å². The van der Waals surface area contributed by atoms with Gasteiger partial charge in [0.25, 0.3) is 0 Å². The summed E-state index contributed by atoms with van der Waals surface area (Å²) >= 11 is 0. The van der Waals surface area contributed by atoms with Gasteiger partial charge in [0.05, 0.1) is 28.4 Å².